The van der Waals surface area contributed by atoms with Gasteiger partial charge in [-0.2, -0.15) is 0 Å². The topological polar surface area (TPSA) is 94.6 Å². The third-order valence-electron chi connectivity index (χ3n) is 8.03. The number of fused-ring (bicyclic) bond motifs is 1. The van der Waals surface area contributed by atoms with E-state index in [-0.39, 0.29) is 12.3 Å². The highest BCUT2D eigenvalue weighted by atomic mass is 16.6. The molecule has 0 spiro atoms. The van der Waals surface area contributed by atoms with Crippen LogP contribution >= 0.6 is 0 Å². The molecular weight excluding hydrogens is 542 g/mol. The standard InChI is InChI=1S/C33H47N7O3/c1-7-26-12-15-39(29-20-35-31-30(23(29)2)40(18-19-42-31)32(41)43-33(4,5)6)22-28(26)37-24(3)36-27-10-8-25(9-11-27)21-38-16-13-34-14-17-38/h7-11,20,24,34,36H,12-19,21-22H2,1-6H3/b26-7-,37-28-. The van der Waals surface area contributed by atoms with Gasteiger partial charge in [-0.25, -0.2) is 9.78 Å². The number of nitrogens with one attached hydrogen (secondary N) is 2. The van der Waals surface area contributed by atoms with E-state index in [4.69, 9.17) is 14.5 Å². The molecule has 5 rings (SSSR count). The van der Waals surface area contributed by atoms with Gasteiger partial charge in [-0.05, 0) is 71.2 Å². The molecule has 232 valence electrons. The molecule has 2 aromatic rings. The first kappa shape index (κ1) is 30.8. The normalized spacial score (nSPS) is 20.5. The number of aromatic nitrogens is 1. The second-order valence-electron chi connectivity index (χ2n) is 12.5. The number of hydrogen-bond donors (Lipinski definition) is 2. The Morgan fingerprint density at radius 3 is 2.63 bits per heavy atom. The van der Waals surface area contributed by atoms with E-state index in [0.717, 1.165) is 68.3 Å². The van der Waals surface area contributed by atoms with Crippen LogP contribution in [0.1, 0.15) is 52.2 Å². The zero-order valence-electron chi connectivity index (χ0n) is 26.6. The van der Waals surface area contributed by atoms with Crippen molar-refractivity contribution >= 4 is 28.9 Å². The van der Waals surface area contributed by atoms with E-state index in [9.17, 15) is 4.79 Å². The zero-order valence-corrected chi connectivity index (χ0v) is 26.6. The number of nitrogens with zero attached hydrogens (tertiary/aromatic N) is 5. The van der Waals surface area contributed by atoms with Crippen molar-refractivity contribution in [1.29, 1.82) is 0 Å². The van der Waals surface area contributed by atoms with Crippen molar-refractivity contribution in [2.24, 2.45) is 4.99 Å². The van der Waals surface area contributed by atoms with Gasteiger partial charge in [0.25, 0.3) is 0 Å². The number of allylic oxidation sites excluding steroid dienone is 1. The third kappa shape index (κ3) is 7.67. The molecule has 43 heavy (non-hydrogen) atoms. The molecular formula is C33H47N7O3. The van der Waals surface area contributed by atoms with Crippen LogP contribution in [0.25, 0.3) is 0 Å². The van der Waals surface area contributed by atoms with Gasteiger partial charge in [-0.15, -0.1) is 0 Å². The third-order valence-corrected chi connectivity index (χ3v) is 8.03. The van der Waals surface area contributed by atoms with Crippen LogP contribution in [0.15, 0.2) is 47.1 Å². The van der Waals surface area contributed by atoms with Gasteiger partial charge in [0.05, 0.1) is 30.7 Å². The SMILES string of the molecule is C/C=C1/CCN(c2cnc3c(c2C)N(C(=O)OC(C)(C)C)CCO3)C/C1=N/C(C)Nc1ccc(CN2CCNCC2)cc1. The minimum atomic E-state index is -0.590. The Hall–Kier alpha value is -3.63. The Labute approximate surface area is 256 Å². The molecule has 0 saturated carbocycles. The lowest BCUT2D eigenvalue weighted by Gasteiger charge is -2.36. The first-order chi connectivity index (χ1) is 20.6. The highest BCUT2D eigenvalue weighted by Crippen LogP contribution is 2.39. The number of carbonyl (C=O) groups is 1. The summed E-state index contributed by atoms with van der Waals surface area (Å²) in [6.45, 7) is 19.4. The summed E-state index contributed by atoms with van der Waals surface area (Å²) in [5.74, 6) is 0.468. The van der Waals surface area contributed by atoms with Crippen molar-refractivity contribution in [1.82, 2.24) is 15.2 Å². The summed E-state index contributed by atoms with van der Waals surface area (Å²) in [4.78, 5) is 29.3. The second kappa shape index (κ2) is 13.3. The first-order valence-electron chi connectivity index (χ1n) is 15.5. The number of amides is 1. The van der Waals surface area contributed by atoms with Gasteiger partial charge in [-0.3, -0.25) is 14.8 Å². The van der Waals surface area contributed by atoms with E-state index >= 15 is 0 Å². The molecule has 1 unspecified atom stereocenters. The fourth-order valence-electron chi connectivity index (χ4n) is 5.89. The Balaban J connectivity index is 1.30. The molecule has 2 fully saturated rings. The Morgan fingerprint density at radius 2 is 1.93 bits per heavy atom. The van der Waals surface area contributed by atoms with Crippen LogP contribution in [-0.2, 0) is 11.3 Å². The van der Waals surface area contributed by atoms with Gasteiger partial charge in [0, 0.05) is 50.5 Å². The minimum Gasteiger partial charge on any atom is -0.474 e. The molecule has 1 aromatic carbocycles. The smallest absolute Gasteiger partial charge is 0.415 e. The fourth-order valence-corrected chi connectivity index (χ4v) is 5.89. The summed E-state index contributed by atoms with van der Waals surface area (Å²) in [5.41, 5.74) is 6.73. The highest BCUT2D eigenvalue weighted by molar-refractivity contribution is 6.04. The predicted octanol–water partition coefficient (Wildman–Crippen LogP) is 4.98. The van der Waals surface area contributed by atoms with Gasteiger partial charge in [-0.1, -0.05) is 18.2 Å². The monoisotopic (exact) mass is 589 g/mol. The molecule has 1 aromatic heterocycles. The maximum absolute atomic E-state index is 13.1. The molecule has 2 saturated heterocycles. The summed E-state index contributed by atoms with van der Waals surface area (Å²) in [6.07, 6.45) is 4.43. The summed E-state index contributed by atoms with van der Waals surface area (Å²) >= 11 is 0. The number of pyridine rings is 1. The molecule has 1 atom stereocenters. The maximum atomic E-state index is 13.1. The maximum Gasteiger partial charge on any atom is 0.415 e. The van der Waals surface area contributed by atoms with Gasteiger partial charge in [0.1, 0.15) is 24.1 Å². The minimum absolute atomic E-state index is 0.0947. The lowest BCUT2D eigenvalue weighted by atomic mass is 10.00. The van der Waals surface area contributed by atoms with Crippen molar-refractivity contribution in [2.75, 3.05) is 67.5 Å². The number of anilines is 3. The van der Waals surface area contributed by atoms with Crippen LogP contribution < -0.4 is 25.2 Å². The number of aliphatic imine (C=N–C) groups is 1. The number of rotatable bonds is 6. The van der Waals surface area contributed by atoms with Crippen molar-refractivity contribution < 1.29 is 14.3 Å². The van der Waals surface area contributed by atoms with Crippen LogP contribution in [0, 0.1) is 6.92 Å². The van der Waals surface area contributed by atoms with E-state index in [1.807, 2.05) is 33.9 Å². The van der Waals surface area contributed by atoms with Gasteiger partial charge < -0.3 is 25.0 Å². The number of benzene rings is 1. The molecule has 0 aliphatic carbocycles. The predicted molar refractivity (Wildman–Crippen MR) is 174 cm³/mol. The Kier molecular flexibility index (Phi) is 9.56. The molecule has 0 bridgehead atoms. The van der Waals surface area contributed by atoms with Crippen LogP contribution in [0.2, 0.25) is 0 Å². The summed E-state index contributed by atoms with van der Waals surface area (Å²) in [6, 6.07) is 8.72. The average molecular weight is 590 g/mol. The van der Waals surface area contributed by atoms with E-state index in [1.165, 1.54) is 11.1 Å². The van der Waals surface area contributed by atoms with E-state index < -0.39 is 5.60 Å². The van der Waals surface area contributed by atoms with Crippen molar-refractivity contribution in [2.45, 2.75) is 66.3 Å². The molecule has 10 heteroatoms. The fraction of sp³-hybridized carbons (Fsp3) is 0.545. The van der Waals surface area contributed by atoms with E-state index in [1.54, 1.807) is 4.90 Å². The van der Waals surface area contributed by atoms with Crippen molar-refractivity contribution in [3.8, 4) is 5.88 Å². The van der Waals surface area contributed by atoms with Crippen LogP contribution in [0.5, 0.6) is 5.88 Å². The number of ether oxygens (including phenoxy) is 2. The van der Waals surface area contributed by atoms with Gasteiger partial charge >= 0.3 is 6.09 Å². The Bertz CT molecular complexity index is 1340. The first-order valence-corrected chi connectivity index (χ1v) is 15.5. The van der Waals surface area contributed by atoms with Crippen LogP contribution in [0.3, 0.4) is 0 Å². The zero-order chi connectivity index (χ0) is 30.6. The summed E-state index contributed by atoms with van der Waals surface area (Å²) in [5, 5.41) is 6.98. The second-order valence-corrected chi connectivity index (χ2v) is 12.5. The number of hydrogen-bond acceptors (Lipinski definition) is 9. The average Bonchev–Trinajstić information content (AvgIpc) is 2.98. The van der Waals surface area contributed by atoms with Gasteiger partial charge in [0.15, 0.2) is 0 Å². The molecule has 4 heterocycles. The highest BCUT2D eigenvalue weighted by Gasteiger charge is 2.33. The molecule has 3 aliphatic rings. The largest absolute Gasteiger partial charge is 0.474 e. The molecule has 0 radical (unpaired) electrons. The lowest BCUT2D eigenvalue weighted by Crippen LogP contribution is -2.43. The molecule has 2 N–H and O–H groups in total. The molecule has 3 aliphatic heterocycles. The van der Waals surface area contributed by atoms with E-state index in [0.29, 0.717) is 31.3 Å². The summed E-state index contributed by atoms with van der Waals surface area (Å²) < 4.78 is 11.5. The molecule has 1 amide bonds. The molecule has 10 nitrogen and oxygen atoms in total. The van der Waals surface area contributed by atoms with E-state index in [2.05, 4.69) is 69.6 Å². The lowest BCUT2D eigenvalue weighted by molar-refractivity contribution is 0.0566. The quantitative estimate of drug-likeness (QED) is 0.487. The number of piperazine rings is 1. The summed E-state index contributed by atoms with van der Waals surface area (Å²) in [7, 11) is 0. The number of carbonyl (C=O) groups excluding carboxylic acids is 1. The van der Waals surface area contributed by atoms with Crippen LogP contribution in [-0.4, -0.2) is 85.9 Å². The number of piperidine rings is 1. The Morgan fingerprint density at radius 1 is 1.19 bits per heavy atom. The van der Waals surface area contributed by atoms with Gasteiger partial charge in [0.2, 0.25) is 5.88 Å². The van der Waals surface area contributed by atoms with Crippen molar-refractivity contribution in [3.63, 3.8) is 0 Å². The van der Waals surface area contributed by atoms with Crippen molar-refractivity contribution in [3.05, 3.63) is 53.2 Å². The van der Waals surface area contributed by atoms with Crippen LogP contribution in [0.4, 0.5) is 21.9 Å².